The van der Waals surface area contributed by atoms with E-state index in [1.54, 1.807) is 0 Å². The van der Waals surface area contributed by atoms with Crippen molar-refractivity contribution in [2.75, 3.05) is 19.6 Å². The van der Waals surface area contributed by atoms with E-state index >= 15 is 0 Å². The van der Waals surface area contributed by atoms with E-state index in [1.165, 1.54) is 48.0 Å². The maximum absolute atomic E-state index is 3.69. The van der Waals surface area contributed by atoms with Crippen LogP contribution in [0.5, 0.6) is 0 Å². The van der Waals surface area contributed by atoms with Gasteiger partial charge in [-0.2, -0.15) is 0 Å². The third-order valence-corrected chi connectivity index (χ3v) is 4.35. The van der Waals surface area contributed by atoms with E-state index in [0.29, 0.717) is 6.04 Å². The number of hydrogen-bond acceptors (Lipinski definition) is 2. The lowest BCUT2D eigenvalue weighted by atomic mass is 10.0. The van der Waals surface area contributed by atoms with Gasteiger partial charge in [0.2, 0.25) is 0 Å². The molecule has 0 amide bonds. The molecule has 18 heavy (non-hydrogen) atoms. The van der Waals surface area contributed by atoms with Crippen molar-refractivity contribution in [3.63, 3.8) is 0 Å². The molecule has 1 fully saturated rings. The molecule has 1 aromatic carbocycles. The van der Waals surface area contributed by atoms with Gasteiger partial charge in [0.05, 0.1) is 0 Å². The van der Waals surface area contributed by atoms with Crippen molar-refractivity contribution in [2.45, 2.75) is 38.8 Å². The van der Waals surface area contributed by atoms with Crippen LogP contribution in [0, 0.1) is 3.57 Å². The highest BCUT2D eigenvalue weighted by Gasteiger charge is 2.17. The minimum absolute atomic E-state index is 0.706. The second kappa shape index (κ2) is 7.46. The van der Waals surface area contributed by atoms with Crippen LogP contribution in [0.25, 0.3) is 0 Å². The largest absolute Gasteiger partial charge is 0.310 e. The number of likely N-dealkylation sites (tertiary alicyclic amines) is 1. The number of nitrogens with zero attached hydrogens (tertiary/aromatic N) is 1. The fourth-order valence-corrected chi connectivity index (χ4v) is 2.90. The SMILES string of the molecule is CCCN1CCC(NCc2ccc(I)cc2)CC1. The van der Waals surface area contributed by atoms with Gasteiger partial charge in [-0.3, -0.25) is 0 Å². The predicted molar refractivity (Wildman–Crippen MR) is 85.8 cm³/mol. The van der Waals surface area contributed by atoms with Crippen LogP contribution in [0.4, 0.5) is 0 Å². The summed E-state index contributed by atoms with van der Waals surface area (Å²) in [6.45, 7) is 7.07. The quantitative estimate of drug-likeness (QED) is 0.813. The summed E-state index contributed by atoms with van der Waals surface area (Å²) in [5.41, 5.74) is 1.39. The van der Waals surface area contributed by atoms with Crippen molar-refractivity contribution in [1.29, 1.82) is 0 Å². The van der Waals surface area contributed by atoms with Crippen LogP contribution < -0.4 is 5.32 Å². The molecule has 0 unspecified atom stereocenters. The molecule has 1 aliphatic rings. The first-order valence-electron chi connectivity index (χ1n) is 6.98. The topological polar surface area (TPSA) is 15.3 Å². The number of benzene rings is 1. The summed E-state index contributed by atoms with van der Waals surface area (Å²) in [6.07, 6.45) is 3.87. The van der Waals surface area contributed by atoms with Crippen LogP contribution in [-0.2, 0) is 6.54 Å². The van der Waals surface area contributed by atoms with Gasteiger partial charge in [-0.05, 0) is 79.2 Å². The molecular formula is C15H23IN2. The Morgan fingerprint density at radius 1 is 1.22 bits per heavy atom. The zero-order valence-electron chi connectivity index (χ0n) is 11.2. The number of piperidine rings is 1. The Morgan fingerprint density at radius 3 is 2.50 bits per heavy atom. The molecular weight excluding hydrogens is 335 g/mol. The maximum Gasteiger partial charge on any atom is 0.0208 e. The van der Waals surface area contributed by atoms with Gasteiger partial charge >= 0.3 is 0 Å². The van der Waals surface area contributed by atoms with Crippen molar-refractivity contribution < 1.29 is 0 Å². The average Bonchev–Trinajstić information content (AvgIpc) is 2.40. The molecule has 0 saturated carbocycles. The van der Waals surface area contributed by atoms with Gasteiger partial charge in [0.15, 0.2) is 0 Å². The molecule has 0 atom stereocenters. The molecule has 0 radical (unpaired) electrons. The van der Waals surface area contributed by atoms with Gasteiger partial charge in [0.25, 0.3) is 0 Å². The van der Waals surface area contributed by atoms with E-state index in [4.69, 9.17) is 0 Å². The molecule has 1 aliphatic heterocycles. The molecule has 0 bridgehead atoms. The zero-order valence-corrected chi connectivity index (χ0v) is 13.3. The highest BCUT2D eigenvalue weighted by Crippen LogP contribution is 2.12. The fraction of sp³-hybridized carbons (Fsp3) is 0.600. The van der Waals surface area contributed by atoms with Crippen molar-refractivity contribution in [1.82, 2.24) is 10.2 Å². The van der Waals surface area contributed by atoms with Gasteiger partial charge in [0.1, 0.15) is 0 Å². The Labute approximate surface area is 124 Å². The first-order chi connectivity index (χ1) is 8.78. The van der Waals surface area contributed by atoms with Gasteiger partial charge in [-0.15, -0.1) is 0 Å². The molecule has 0 aliphatic carbocycles. The van der Waals surface area contributed by atoms with Gasteiger partial charge in [0, 0.05) is 16.2 Å². The van der Waals surface area contributed by atoms with Crippen LogP contribution >= 0.6 is 22.6 Å². The standard InChI is InChI=1S/C15H23IN2/c1-2-9-18-10-7-15(8-11-18)17-12-13-3-5-14(16)6-4-13/h3-6,15,17H,2,7-12H2,1H3. The Balaban J connectivity index is 1.70. The normalized spacial score (nSPS) is 18.1. The summed E-state index contributed by atoms with van der Waals surface area (Å²) >= 11 is 2.35. The minimum Gasteiger partial charge on any atom is -0.310 e. The first-order valence-corrected chi connectivity index (χ1v) is 8.06. The third kappa shape index (κ3) is 4.52. The second-order valence-corrected chi connectivity index (χ2v) is 6.37. The van der Waals surface area contributed by atoms with Crippen molar-refractivity contribution >= 4 is 22.6 Å². The molecule has 0 spiro atoms. The van der Waals surface area contributed by atoms with E-state index in [9.17, 15) is 0 Å². The third-order valence-electron chi connectivity index (χ3n) is 3.64. The maximum atomic E-state index is 3.69. The summed E-state index contributed by atoms with van der Waals surface area (Å²) in [5.74, 6) is 0. The van der Waals surface area contributed by atoms with E-state index in [0.717, 1.165) is 6.54 Å². The van der Waals surface area contributed by atoms with Crippen LogP contribution in [0.3, 0.4) is 0 Å². The molecule has 1 heterocycles. The molecule has 1 saturated heterocycles. The first kappa shape index (κ1) is 14.3. The van der Waals surface area contributed by atoms with Crippen LogP contribution in [-0.4, -0.2) is 30.6 Å². The lowest BCUT2D eigenvalue weighted by Gasteiger charge is -2.32. The lowest BCUT2D eigenvalue weighted by Crippen LogP contribution is -2.42. The van der Waals surface area contributed by atoms with E-state index < -0.39 is 0 Å². The Kier molecular flexibility index (Phi) is 5.92. The fourth-order valence-electron chi connectivity index (χ4n) is 2.54. The second-order valence-electron chi connectivity index (χ2n) is 5.12. The molecule has 2 rings (SSSR count). The number of hydrogen-bond donors (Lipinski definition) is 1. The monoisotopic (exact) mass is 358 g/mol. The summed E-state index contributed by atoms with van der Waals surface area (Å²) in [6, 6.07) is 9.52. The molecule has 100 valence electrons. The molecule has 1 N–H and O–H groups in total. The van der Waals surface area contributed by atoms with Gasteiger partial charge in [-0.1, -0.05) is 19.1 Å². The van der Waals surface area contributed by atoms with Crippen LogP contribution in [0.1, 0.15) is 31.7 Å². The van der Waals surface area contributed by atoms with Gasteiger partial charge in [-0.25, -0.2) is 0 Å². The van der Waals surface area contributed by atoms with Crippen molar-refractivity contribution in [3.8, 4) is 0 Å². The molecule has 2 nitrogen and oxygen atoms in total. The Bertz CT molecular complexity index is 342. The van der Waals surface area contributed by atoms with Crippen LogP contribution in [0.15, 0.2) is 24.3 Å². The Hall–Kier alpha value is -0.130. The summed E-state index contributed by atoms with van der Waals surface area (Å²) < 4.78 is 1.31. The van der Waals surface area contributed by atoms with Crippen molar-refractivity contribution in [3.05, 3.63) is 33.4 Å². The average molecular weight is 358 g/mol. The predicted octanol–water partition coefficient (Wildman–Crippen LogP) is 3.26. The van der Waals surface area contributed by atoms with E-state index in [-0.39, 0.29) is 0 Å². The summed E-state index contributed by atoms with van der Waals surface area (Å²) in [4.78, 5) is 2.59. The summed E-state index contributed by atoms with van der Waals surface area (Å²) in [5, 5.41) is 3.69. The number of halogens is 1. The van der Waals surface area contributed by atoms with Gasteiger partial charge < -0.3 is 10.2 Å². The minimum atomic E-state index is 0.706. The highest BCUT2D eigenvalue weighted by atomic mass is 127. The van der Waals surface area contributed by atoms with Crippen molar-refractivity contribution in [2.24, 2.45) is 0 Å². The Morgan fingerprint density at radius 2 is 1.89 bits per heavy atom. The van der Waals surface area contributed by atoms with Crippen LogP contribution in [0.2, 0.25) is 0 Å². The van der Waals surface area contributed by atoms with E-state index in [2.05, 4.69) is 64.0 Å². The number of nitrogens with one attached hydrogen (secondary N) is 1. The smallest absolute Gasteiger partial charge is 0.0208 e. The molecule has 0 aromatic heterocycles. The lowest BCUT2D eigenvalue weighted by molar-refractivity contribution is 0.197. The van der Waals surface area contributed by atoms with E-state index in [1.807, 2.05) is 0 Å². The number of rotatable bonds is 5. The highest BCUT2D eigenvalue weighted by molar-refractivity contribution is 14.1. The molecule has 1 aromatic rings. The summed E-state index contributed by atoms with van der Waals surface area (Å²) in [7, 11) is 0. The zero-order chi connectivity index (χ0) is 12.8. The molecule has 3 heteroatoms.